The summed E-state index contributed by atoms with van der Waals surface area (Å²) in [7, 11) is 0. The van der Waals surface area contributed by atoms with Crippen LogP contribution in [0.15, 0.2) is 12.3 Å². The van der Waals surface area contributed by atoms with Crippen molar-refractivity contribution in [1.82, 2.24) is 15.4 Å². The summed E-state index contributed by atoms with van der Waals surface area (Å²) in [5.74, 6) is 0.688. The van der Waals surface area contributed by atoms with E-state index in [0.717, 1.165) is 23.5 Å². The summed E-state index contributed by atoms with van der Waals surface area (Å²) in [5.41, 5.74) is 1.02. The van der Waals surface area contributed by atoms with Crippen LogP contribution < -0.4 is 10.2 Å². The number of carbonyl (C=O) groups is 2. The number of piperazine rings is 1. The molecule has 1 saturated heterocycles. The van der Waals surface area contributed by atoms with Crippen LogP contribution in [0, 0.1) is 5.92 Å². The van der Waals surface area contributed by atoms with Crippen molar-refractivity contribution in [2.24, 2.45) is 5.92 Å². The van der Waals surface area contributed by atoms with Gasteiger partial charge in [-0.3, -0.25) is 9.59 Å². The maximum absolute atomic E-state index is 11.6. The van der Waals surface area contributed by atoms with Gasteiger partial charge in [-0.15, -0.1) is 0 Å². The summed E-state index contributed by atoms with van der Waals surface area (Å²) in [6.45, 7) is 4.24. The van der Waals surface area contributed by atoms with Gasteiger partial charge in [0.25, 0.3) is 5.91 Å². The molecule has 0 bridgehead atoms. The number of hydrogen-bond acceptors (Lipinski definition) is 3. The Kier molecular flexibility index (Phi) is 4.09. The molecule has 0 atom stereocenters. The Morgan fingerprint density at radius 3 is 2.95 bits per heavy atom. The molecule has 2 heterocycles. The van der Waals surface area contributed by atoms with E-state index in [4.69, 9.17) is 4.84 Å². The standard InChI is InChI=1S/C13H19N3O3/c1-9(2)3-4-10-5-6-14-13(10)19-16-8-11(17)15-7-12(16)18/h5-6,9,14H,3-4,7-8H2,1-2H3,(H,15,17). The van der Waals surface area contributed by atoms with Gasteiger partial charge in [0.15, 0.2) is 0 Å². The van der Waals surface area contributed by atoms with E-state index in [0.29, 0.717) is 11.8 Å². The fourth-order valence-corrected chi connectivity index (χ4v) is 1.84. The molecule has 6 heteroatoms. The van der Waals surface area contributed by atoms with Crippen molar-refractivity contribution < 1.29 is 14.4 Å². The summed E-state index contributed by atoms with van der Waals surface area (Å²) in [4.78, 5) is 31.3. The Morgan fingerprint density at radius 1 is 1.42 bits per heavy atom. The van der Waals surface area contributed by atoms with Gasteiger partial charge in [0.1, 0.15) is 6.54 Å². The zero-order valence-electron chi connectivity index (χ0n) is 11.2. The molecule has 2 amide bonds. The molecule has 1 aromatic heterocycles. The molecule has 19 heavy (non-hydrogen) atoms. The van der Waals surface area contributed by atoms with Crippen molar-refractivity contribution in [3.63, 3.8) is 0 Å². The van der Waals surface area contributed by atoms with Gasteiger partial charge >= 0.3 is 0 Å². The second-order valence-electron chi connectivity index (χ2n) is 5.06. The Balaban J connectivity index is 2.00. The molecule has 1 aliphatic heterocycles. The first kappa shape index (κ1) is 13.5. The largest absolute Gasteiger partial charge is 0.358 e. The number of H-pyrrole nitrogens is 1. The minimum absolute atomic E-state index is 0.0130. The Morgan fingerprint density at radius 2 is 2.21 bits per heavy atom. The second-order valence-corrected chi connectivity index (χ2v) is 5.06. The third-order valence-corrected chi connectivity index (χ3v) is 2.99. The fourth-order valence-electron chi connectivity index (χ4n) is 1.84. The maximum Gasteiger partial charge on any atom is 0.275 e. The highest BCUT2D eigenvalue weighted by Crippen LogP contribution is 2.20. The molecule has 0 radical (unpaired) electrons. The van der Waals surface area contributed by atoms with Crippen molar-refractivity contribution in [2.45, 2.75) is 26.7 Å². The lowest BCUT2D eigenvalue weighted by atomic mass is 10.0. The van der Waals surface area contributed by atoms with E-state index in [1.807, 2.05) is 6.07 Å². The van der Waals surface area contributed by atoms with Gasteiger partial charge in [0.05, 0.1) is 6.54 Å². The lowest BCUT2D eigenvalue weighted by Crippen LogP contribution is -2.52. The number of hydroxylamine groups is 2. The smallest absolute Gasteiger partial charge is 0.275 e. The summed E-state index contributed by atoms with van der Waals surface area (Å²) in [5, 5.41) is 3.58. The van der Waals surface area contributed by atoms with Gasteiger partial charge in [-0.1, -0.05) is 13.8 Å². The van der Waals surface area contributed by atoms with Gasteiger partial charge in [0.2, 0.25) is 11.8 Å². The highest BCUT2D eigenvalue weighted by atomic mass is 16.7. The van der Waals surface area contributed by atoms with E-state index in [1.165, 1.54) is 0 Å². The molecule has 1 aromatic rings. The predicted molar refractivity (Wildman–Crippen MR) is 69.3 cm³/mol. The molecule has 104 valence electrons. The minimum atomic E-state index is -0.246. The highest BCUT2D eigenvalue weighted by molar-refractivity contribution is 5.91. The average Bonchev–Trinajstić information content (AvgIpc) is 2.79. The molecule has 0 spiro atoms. The van der Waals surface area contributed by atoms with Crippen LogP contribution in [0.5, 0.6) is 5.88 Å². The lowest BCUT2D eigenvalue weighted by Gasteiger charge is -2.25. The molecule has 1 fully saturated rings. The van der Waals surface area contributed by atoms with Gasteiger partial charge < -0.3 is 15.1 Å². The highest BCUT2D eigenvalue weighted by Gasteiger charge is 2.26. The van der Waals surface area contributed by atoms with Crippen LogP contribution in [-0.4, -0.2) is 35.0 Å². The first-order valence-corrected chi connectivity index (χ1v) is 6.47. The van der Waals surface area contributed by atoms with Gasteiger partial charge in [0, 0.05) is 11.8 Å². The monoisotopic (exact) mass is 265 g/mol. The van der Waals surface area contributed by atoms with Crippen molar-refractivity contribution in [3.05, 3.63) is 17.8 Å². The van der Waals surface area contributed by atoms with Crippen molar-refractivity contribution in [1.29, 1.82) is 0 Å². The normalized spacial score (nSPS) is 15.8. The number of aromatic amines is 1. The molecule has 0 saturated carbocycles. The van der Waals surface area contributed by atoms with Crippen LogP contribution in [0.2, 0.25) is 0 Å². The molecule has 2 rings (SSSR count). The Bertz CT molecular complexity index is 467. The number of hydrogen-bond donors (Lipinski definition) is 2. The first-order chi connectivity index (χ1) is 9.06. The number of nitrogens with one attached hydrogen (secondary N) is 2. The molecule has 6 nitrogen and oxygen atoms in total. The summed E-state index contributed by atoms with van der Waals surface area (Å²) >= 11 is 0. The van der Waals surface area contributed by atoms with Crippen LogP contribution in [-0.2, 0) is 16.0 Å². The third-order valence-electron chi connectivity index (χ3n) is 2.99. The third kappa shape index (κ3) is 3.49. The number of aryl methyl sites for hydroxylation is 1. The molecule has 2 N–H and O–H groups in total. The molecular weight excluding hydrogens is 246 g/mol. The van der Waals surface area contributed by atoms with Crippen molar-refractivity contribution >= 4 is 11.8 Å². The van der Waals surface area contributed by atoms with E-state index in [2.05, 4.69) is 24.1 Å². The minimum Gasteiger partial charge on any atom is -0.358 e. The van der Waals surface area contributed by atoms with Gasteiger partial charge in [-0.05, 0) is 24.8 Å². The lowest BCUT2D eigenvalue weighted by molar-refractivity contribution is -0.166. The quantitative estimate of drug-likeness (QED) is 0.829. The SMILES string of the molecule is CC(C)CCc1cc[nH]c1ON1CC(=O)NCC1=O. The van der Waals surface area contributed by atoms with Crippen LogP contribution in [0.25, 0.3) is 0 Å². The van der Waals surface area contributed by atoms with Gasteiger partial charge in [-0.2, -0.15) is 5.06 Å². The Hall–Kier alpha value is -1.98. The number of amides is 2. The zero-order chi connectivity index (χ0) is 13.8. The summed E-state index contributed by atoms with van der Waals surface area (Å²) in [6, 6.07) is 1.94. The molecule has 1 aliphatic rings. The van der Waals surface area contributed by atoms with E-state index < -0.39 is 0 Å². The van der Waals surface area contributed by atoms with E-state index in [1.54, 1.807) is 6.20 Å². The summed E-state index contributed by atoms with van der Waals surface area (Å²) in [6.07, 6.45) is 3.70. The summed E-state index contributed by atoms with van der Waals surface area (Å²) < 4.78 is 0. The van der Waals surface area contributed by atoms with Crippen molar-refractivity contribution in [3.8, 4) is 5.88 Å². The first-order valence-electron chi connectivity index (χ1n) is 6.47. The zero-order valence-corrected chi connectivity index (χ0v) is 11.2. The number of nitrogens with zero attached hydrogens (tertiary/aromatic N) is 1. The van der Waals surface area contributed by atoms with E-state index in [9.17, 15) is 9.59 Å². The molecular formula is C13H19N3O3. The molecule has 0 unspecified atom stereocenters. The fraction of sp³-hybridized carbons (Fsp3) is 0.538. The van der Waals surface area contributed by atoms with Crippen LogP contribution in [0.3, 0.4) is 0 Å². The molecule has 0 aliphatic carbocycles. The van der Waals surface area contributed by atoms with E-state index >= 15 is 0 Å². The van der Waals surface area contributed by atoms with Crippen molar-refractivity contribution in [2.75, 3.05) is 13.1 Å². The van der Waals surface area contributed by atoms with E-state index in [-0.39, 0.29) is 24.9 Å². The predicted octanol–water partition coefficient (Wildman–Crippen LogP) is 0.856. The topological polar surface area (TPSA) is 74.4 Å². The number of rotatable bonds is 5. The Labute approximate surface area is 112 Å². The second kappa shape index (κ2) is 5.77. The maximum atomic E-state index is 11.6. The number of carbonyl (C=O) groups excluding carboxylic acids is 2. The number of aromatic nitrogens is 1. The van der Waals surface area contributed by atoms with Gasteiger partial charge in [-0.25, -0.2) is 0 Å². The van der Waals surface area contributed by atoms with Crippen LogP contribution >= 0.6 is 0 Å². The van der Waals surface area contributed by atoms with Crippen LogP contribution in [0.1, 0.15) is 25.8 Å². The average molecular weight is 265 g/mol. The molecule has 0 aromatic carbocycles. The van der Waals surface area contributed by atoms with Crippen LogP contribution in [0.4, 0.5) is 0 Å².